The Bertz CT molecular complexity index is 653. The Morgan fingerprint density at radius 3 is 2.58 bits per heavy atom. The summed E-state index contributed by atoms with van der Waals surface area (Å²) in [7, 11) is 0. The number of carboxylic acid groups (broad SMARTS) is 1. The van der Waals surface area contributed by atoms with Crippen LogP contribution in [0.3, 0.4) is 0 Å². The second kappa shape index (κ2) is 6.10. The molecule has 0 saturated heterocycles. The molecule has 0 aromatic carbocycles. The van der Waals surface area contributed by atoms with Gasteiger partial charge >= 0.3 is 11.9 Å². The van der Waals surface area contributed by atoms with E-state index in [4.69, 9.17) is 4.74 Å². The molecule has 4 aliphatic carbocycles. The molecule has 4 nitrogen and oxygen atoms in total. The van der Waals surface area contributed by atoms with Crippen LogP contribution in [-0.4, -0.2) is 23.1 Å². The Balaban J connectivity index is 1.59. The summed E-state index contributed by atoms with van der Waals surface area (Å²) in [5.41, 5.74) is 1.68. The fourth-order valence-corrected chi connectivity index (χ4v) is 7.37. The van der Waals surface area contributed by atoms with E-state index < -0.39 is 5.97 Å². The fraction of sp³-hybridized carbons (Fsp3) is 0.818. The lowest BCUT2D eigenvalue weighted by Crippen LogP contribution is -2.51. The van der Waals surface area contributed by atoms with Gasteiger partial charge in [-0.3, -0.25) is 9.59 Å². The number of hydrogen-bond acceptors (Lipinski definition) is 3. The molecule has 0 aromatic rings. The maximum absolute atomic E-state index is 11.8. The van der Waals surface area contributed by atoms with Crippen molar-refractivity contribution in [2.75, 3.05) is 0 Å². The molecule has 144 valence electrons. The molecule has 0 spiro atoms. The highest BCUT2D eigenvalue weighted by Crippen LogP contribution is 2.66. The second-order valence-electron chi connectivity index (χ2n) is 9.75. The number of carboxylic acids is 1. The molecule has 0 aromatic heterocycles. The average molecular weight is 360 g/mol. The first-order chi connectivity index (χ1) is 12.3. The maximum atomic E-state index is 11.8. The number of ether oxygens (including phenoxy) is 1. The number of carbonyl (C=O) groups is 2. The van der Waals surface area contributed by atoms with Crippen LogP contribution in [0.4, 0.5) is 0 Å². The molecule has 0 aliphatic heterocycles. The highest BCUT2D eigenvalue weighted by molar-refractivity contribution is 5.71. The van der Waals surface area contributed by atoms with Crippen molar-refractivity contribution in [3.8, 4) is 0 Å². The average Bonchev–Trinajstić information content (AvgIpc) is 2.92. The summed E-state index contributed by atoms with van der Waals surface area (Å²) in [5.74, 6) is 0.901. The number of esters is 1. The fourth-order valence-electron chi connectivity index (χ4n) is 7.37. The number of hydrogen-bond donors (Lipinski definition) is 1. The second-order valence-corrected chi connectivity index (χ2v) is 9.75. The Hall–Kier alpha value is -1.32. The van der Waals surface area contributed by atoms with Gasteiger partial charge in [-0.25, -0.2) is 0 Å². The van der Waals surface area contributed by atoms with Crippen molar-refractivity contribution in [3.05, 3.63) is 11.6 Å². The summed E-state index contributed by atoms with van der Waals surface area (Å²) in [4.78, 5) is 23.1. The van der Waals surface area contributed by atoms with Crippen LogP contribution >= 0.6 is 0 Å². The molecular formula is C22H32O4. The van der Waals surface area contributed by atoms with Gasteiger partial charge in [-0.1, -0.05) is 25.5 Å². The highest BCUT2D eigenvalue weighted by atomic mass is 16.5. The standard InChI is InChI=1S/C22H32O4/c1-13(23)26-15-8-10-21(2)14(12-15)4-5-16-17-6-7-19(20(24)25)22(17,3)11-9-18(16)21/h4,15-19H,5-12H2,1-3H3,(H,24,25)/t15-,16-,17+,18-,19+,21+,22+/m1/s1. The normalized spacial score (nSPS) is 47.2. The molecule has 7 atom stereocenters. The van der Waals surface area contributed by atoms with Crippen molar-refractivity contribution >= 4 is 11.9 Å². The van der Waals surface area contributed by atoms with Crippen LogP contribution in [0, 0.1) is 34.5 Å². The van der Waals surface area contributed by atoms with E-state index >= 15 is 0 Å². The lowest BCUT2D eigenvalue weighted by molar-refractivity contribution is -0.151. The number of carbonyl (C=O) groups excluding carboxylic acids is 1. The summed E-state index contributed by atoms with van der Waals surface area (Å²) < 4.78 is 5.50. The van der Waals surface area contributed by atoms with E-state index in [0.29, 0.717) is 17.8 Å². The third kappa shape index (κ3) is 2.55. The van der Waals surface area contributed by atoms with Crippen LogP contribution in [0.1, 0.15) is 72.1 Å². The van der Waals surface area contributed by atoms with Crippen LogP contribution in [0.25, 0.3) is 0 Å². The van der Waals surface area contributed by atoms with E-state index in [1.807, 2.05) is 0 Å². The van der Waals surface area contributed by atoms with Gasteiger partial charge in [-0.15, -0.1) is 0 Å². The Kier molecular flexibility index (Phi) is 4.24. The molecular weight excluding hydrogens is 328 g/mol. The zero-order valence-corrected chi connectivity index (χ0v) is 16.3. The predicted octanol–water partition coefficient (Wildman–Crippen LogP) is 4.58. The van der Waals surface area contributed by atoms with Crippen molar-refractivity contribution in [3.63, 3.8) is 0 Å². The zero-order chi connectivity index (χ0) is 18.7. The molecule has 4 rings (SSSR count). The van der Waals surface area contributed by atoms with Gasteiger partial charge in [-0.05, 0) is 73.5 Å². The number of rotatable bonds is 2. The van der Waals surface area contributed by atoms with Crippen molar-refractivity contribution < 1.29 is 19.4 Å². The Morgan fingerprint density at radius 1 is 1.12 bits per heavy atom. The van der Waals surface area contributed by atoms with E-state index in [2.05, 4.69) is 19.9 Å². The smallest absolute Gasteiger partial charge is 0.307 e. The maximum Gasteiger partial charge on any atom is 0.307 e. The molecule has 0 unspecified atom stereocenters. The largest absolute Gasteiger partial charge is 0.481 e. The minimum Gasteiger partial charge on any atom is -0.481 e. The van der Waals surface area contributed by atoms with Crippen LogP contribution in [0.2, 0.25) is 0 Å². The third-order valence-electron chi connectivity index (χ3n) is 8.69. The van der Waals surface area contributed by atoms with E-state index in [-0.39, 0.29) is 28.8 Å². The SMILES string of the molecule is CC(=O)O[C@@H]1CC[C@@]2(C)C(=CC[C@H]3[C@H]2CC[C@]2(C)[C@H](C(=O)O)CC[C@@H]32)C1. The van der Waals surface area contributed by atoms with E-state index in [0.717, 1.165) is 51.4 Å². The first-order valence-electron chi connectivity index (χ1n) is 10.4. The van der Waals surface area contributed by atoms with E-state index in [1.54, 1.807) is 0 Å². The van der Waals surface area contributed by atoms with Crippen LogP contribution in [-0.2, 0) is 14.3 Å². The van der Waals surface area contributed by atoms with Crippen LogP contribution < -0.4 is 0 Å². The highest BCUT2D eigenvalue weighted by Gasteiger charge is 2.60. The van der Waals surface area contributed by atoms with Gasteiger partial charge in [0, 0.05) is 13.3 Å². The van der Waals surface area contributed by atoms with Gasteiger partial charge in [0.2, 0.25) is 0 Å². The van der Waals surface area contributed by atoms with Gasteiger partial charge in [0.15, 0.2) is 0 Å². The van der Waals surface area contributed by atoms with Gasteiger partial charge in [0.1, 0.15) is 6.10 Å². The minimum atomic E-state index is -0.589. The van der Waals surface area contributed by atoms with E-state index in [9.17, 15) is 14.7 Å². The molecule has 3 saturated carbocycles. The van der Waals surface area contributed by atoms with E-state index in [1.165, 1.54) is 12.5 Å². The Morgan fingerprint density at radius 2 is 1.88 bits per heavy atom. The predicted molar refractivity (Wildman–Crippen MR) is 98.4 cm³/mol. The van der Waals surface area contributed by atoms with Gasteiger partial charge in [0.05, 0.1) is 5.92 Å². The number of allylic oxidation sites excluding steroid dienone is 1. The molecule has 0 amide bonds. The molecule has 0 radical (unpaired) electrons. The Labute approximate surface area is 156 Å². The van der Waals surface area contributed by atoms with Gasteiger partial charge < -0.3 is 9.84 Å². The van der Waals surface area contributed by atoms with Crippen molar-refractivity contribution in [2.24, 2.45) is 34.5 Å². The lowest BCUT2D eigenvalue weighted by atomic mass is 9.47. The molecule has 3 fully saturated rings. The summed E-state index contributed by atoms with van der Waals surface area (Å²) in [6.07, 6.45) is 10.6. The summed E-state index contributed by atoms with van der Waals surface area (Å²) >= 11 is 0. The lowest BCUT2D eigenvalue weighted by Gasteiger charge is -2.57. The van der Waals surface area contributed by atoms with Crippen molar-refractivity contribution in [1.82, 2.24) is 0 Å². The van der Waals surface area contributed by atoms with Gasteiger partial charge in [0.25, 0.3) is 0 Å². The summed E-state index contributed by atoms with van der Waals surface area (Å²) in [5, 5.41) is 9.70. The molecule has 0 heterocycles. The molecule has 26 heavy (non-hydrogen) atoms. The summed E-state index contributed by atoms with van der Waals surface area (Å²) in [6.45, 7) is 6.17. The quantitative estimate of drug-likeness (QED) is 0.578. The monoisotopic (exact) mass is 360 g/mol. The molecule has 4 aliphatic rings. The molecule has 1 N–H and O–H groups in total. The van der Waals surface area contributed by atoms with Crippen LogP contribution in [0.5, 0.6) is 0 Å². The topological polar surface area (TPSA) is 63.6 Å². The first-order valence-corrected chi connectivity index (χ1v) is 10.4. The van der Waals surface area contributed by atoms with Gasteiger partial charge in [-0.2, -0.15) is 0 Å². The minimum absolute atomic E-state index is 0.0242. The van der Waals surface area contributed by atoms with Crippen molar-refractivity contribution in [1.29, 1.82) is 0 Å². The third-order valence-corrected chi connectivity index (χ3v) is 8.69. The van der Waals surface area contributed by atoms with Crippen LogP contribution in [0.15, 0.2) is 11.6 Å². The summed E-state index contributed by atoms with van der Waals surface area (Å²) in [6, 6.07) is 0. The molecule has 0 bridgehead atoms. The van der Waals surface area contributed by atoms with Crippen molar-refractivity contribution in [2.45, 2.75) is 78.2 Å². The first kappa shape index (κ1) is 18.1. The molecule has 4 heteroatoms. The number of aliphatic carboxylic acids is 1. The zero-order valence-electron chi connectivity index (χ0n) is 16.3. The number of fused-ring (bicyclic) bond motifs is 5.